The van der Waals surface area contributed by atoms with Gasteiger partial charge in [0, 0.05) is 22.0 Å². The van der Waals surface area contributed by atoms with Crippen LogP contribution in [0.5, 0.6) is 5.75 Å². The van der Waals surface area contributed by atoms with Gasteiger partial charge in [0.05, 0.1) is 7.11 Å². The first kappa shape index (κ1) is 16.9. The molecule has 0 bridgehead atoms. The van der Waals surface area contributed by atoms with Crippen LogP contribution in [0.3, 0.4) is 0 Å². The number of carbonyl (C=O) groups excluding carboxylic acids is 1. The maximum Gasteiger partial charge on any atom is 0.274 e. The first-order valence-corrected chi connectivity index (χ1v) is 8.24. The molecule has 7 heteroatoms. The van der Waals surface area contributed by atoms with Gasteiger partial charge in [-0.3, -0.25) is 4.79 Å². The van der Waals surface area contributed by atoms with Crippen LogP contribution in [0.25, 0.3) is 0 Å². The number of aromatic nitrogens is 2. The Labute approximate surface area is 153 Å². The van der Waals surface area contributed by atoms with E-state index in [9.17, 15) is 4.79 Å². The number of hydrogen-bond acceptors (Lipinski definition) is 5. The second kappa shape index (κ2) is 7.76. The van der Waals surface area contributed by atoms with Crippen molar-refractivity contribution in [3.8, 4) is 5.75 Å². The van der Waals surface area contributed by atoms with Gasteiger partial charge in [-0.25, -0.2) is 9.97 Å². The van der Waals surface area contributed by atoms with Crippen LogP contribution in [0.1, 0.15) is 10.5 Å². The number of anilines is 3. The average molecular weight is 399 g/mol. The third-order valence-corrected chi connectivity index (χ3v) is 3.87. The molecule has 0 aliphatic heterocycles. The fourth-order valence-electron chi connectivity index (χ4n) is 2.08. The Bertz CT molecular complexity index is 867. The van der Waals surface area contributed by atoms with E-state index >= 15 is 0 Å². The number of hydrogen-bond donors (Lipinski definition) is 2. The summed E-state index contributed by atoms with van der Waals surface area (Å²) in [5.41, 5.74) is 1.76. The largest absolute Gasteiger partial charge is 0.497 e. The van der Waals surface area contributed by atoms with Gasteiger partial charge in [0.1, 0.15) is 11.4 Å². The van der Waals surface area contributed by atoms with Crippen molar-refractivity contribution >= 4 is 39.2 Å². The van der Waals surface area contributed by atoms with Crippen molar-refractivity contribution in [2.45, 2.75) is 0 Å². The average Bonchev–Trinajstić information content (AvgIpc) is 2.64. The third kappa shape index (κ3) is 4.54. The molecule has 0 spiro atoms. The highest BCUT2D eigenvalue weighted by atomic mass is 79.9. The van der Waals surface area contributed by atoms with E-state index < -0.39 is 0 Å². The lowest BCUT2D eigenvalue weighted by molar-refractivity contribution is 0.102. The van der Waals surface area contributed by atoms with Gasteiger partial charge in [0.25, 0.3) is 5.91 Å². The van der Waals surface area contributed by atoms with Crippen molar-refractivity contribution in [3.05, 3.63) is 71.0 Å². The third-order valence-electron chi connectivity index (χ3n) is 3.34. The van der Waals surface area contributed by atoms with Gasteiger partial charge < -0.3 is 15.4 Å². The Morgan fingerprint density at radius 1 is 1.00 bits per heavy atom. The Hall–Kier alpha value is -2.93. The Morgan fingerprint density at radius 2 is 1.68 bits per heavy atom. The van der Waals surface area contributed by atoms with E-state index in [1.165, 1.54) is 6.20 Å². The molecule has 1 aromatic heterocycles. The number of benzene rings is 2. The first-order chi connectivity index (χ1) is 12.1. The topological polar surface area (TPSA) is 76.1 Å². The maximum absolute atomic E-state index is 12.4. The van der Waals surface area contributed by atoms with Crippen LogP contribution in [-0.2, 0) is 0 Å². The molecule has 3 rings (SSSR count). The van der Waals surface area contributed by atoms with Gasteiger partial charge >= 0.3 is 0 Å². The normalized spacial score (nSPS) is 10.2. The summed E-state index contributed by atoms with van der Waals surface area (Å²) >= 11 is 3.38. The number of halogens is 1. The van der Waals surface area contributed by atoms with Gasteiger partial charge in [-0.2, -0.15) is 0 Å². The summed E-state index contributed by atoms with van der Waals surface area (Å²) in [7, 11) is 1.59. The minimum absolute atomic E-state index is 0.269. The molecule has 3 aromatic rings. The van der Waals surface area contributed by atoms with E-state index in [4.69, 9.17) is 4.74 Å². The molecule has 0 unspecified atom stereocenters. The van der Waals surface area contributed by atoms with E-state index in [2.05, 4.69) is 36.5 Å². The van der Waals surface area contributed by atoms with Gasteiger partial charge in [0.15, 0.2) is 0 Å². The zero-order valence-corrected chi connectivity index (χ0v) is 14.9. The van der Waals surface area contributed by atoms with Crippen molar-refractivity contribution in [2.75, 3.05) is 17.7 Å². The summed E-state index contributed by atoms with van der Waals surface area (Å²) in [4.78, 5) is 20.7. The van der Waals surface area contributed by atoms with Gasteiger partial charge in [-0.1, -0.05) is 15.9 Å². The molecule has 0 fully saturated rings. The summed E-state index contributed by atoms with van der Waals surface area (Å²) in [5.74, 6) is 0.761. The molecule has 2 aromatic carbocycles. The molecule has 0 radical (unpaired) electrons. The monoisotopic (exact) mass is 398 g/mol. The molecule has 0 atom stereocenters. The highest BCUT2D eigenvalue weighted by Crippen LogP contribution is 2.18. The number of nitrogens with zero attached hydrogens (tertiary/aromatic N) is 2. The number of rotatable bonds is 5. The molecule has 25 heavy (non-hydrogen) atoms. The maximum atomic E-state index is 12.4. The van der Waals surface area contributed by atoms with Crippen LogP contribution >= 0.6 is 15.9 Å². The summed E-state index contributed by atoms with van der Waals surface area (Å²) < 4.78 is 6.07. The molecule has 0 aliphatic carbocycles. The van der Waals surface area contributed by atoms with Crippen molar-refractivity contribution in [1.29, 1.82) is 0 Å². The van der Waals surface area contributed by atoms with Crippen molar-refractivity contribution in [3.63, 3.8) is 0 Å². The van der Waals surface area contributed by atoms with E-state index in [0.717, 1.165) is 15.9 Å². The van der Waals surface area contributed by atoms with Crippen LogP contribution in [0.2, 0.25) is 0 Å². The number of methoxy groups -OCH3 is 1. The highest BCUT2D eigenvalue weighted by Gasteiger charge is 2.09. The molecular formula is C18H15BrN4O2. The molecule has 6 nitrogen and oxygen atoms in total. The van der Waals surface area contributed by atoms with E-state index in [-0.39, 0.29) is 11.6 Å². The van der Waals surface area contributed by atoms with Crippen molar-refractivity contribution in [2.24, 2.45) is 0 Å². The van der Waals surface area contributed by atoms with Crippen LogP contribution in [0, 0.1) is 0 Å². The molecule has 0 aliphatic rings. The van der Waals surface area contributed by atoms with E-state index in [1.54, 1.807) is 37.4 Å². The number of ether oxygens (including phenoxy) is 1. The lowest BCUT2D eigenvalue weighted by Crippen LogP contribution is -2.14. The zero-order chi connectivity index (χ0) is 17.6. The summed E-state index contributed by atoms with van der Waals surface area (Å²) in [6.45, 7) is 0. The fraction of sp³-hybridized carbons (Fsp3) is 0.0556. The number of nitrogens with one attached hydrogen (secondary N) is 2. The van der Waals surface area contributed by atoms with Crippen molar-refractivity contribution in [1.82, 2.24) is 9.97 Å². The Balaban J connectivity index is 1.71. The molecule has 0 saturated carbocycles. The van der Waals surface area contributed by atoms with Crippen LogP contribution < -0.4 is 15.4 Å². The second-order valence-corrected chi connectivity index (χ2v) is 6.00. The highest BCUT2D eigenvalue weighted by molar-refractivity contribution is 9.10. The fourth-order valence-corrected chi connectivity index (χ4v) is 2.34. The Kier molecular flexibility index (Phi) is 5.25. The van der Waals surface area contributed by atoms with Gasteiger partial charge in [0.2, 0.25) is 5.95 Å². The molecule has 0 saturated heterocycles. The SMILES string of the molecule is COc1ccc(NC(=O)c2ccnc(Nc3ccc(Br)cc3)n2)cc1. The summed E-state index contributed by atoms with van der Waals surface area (Å²) in [6, 6.07) is 16.2. The number of amides is 1. The van der Waals surface area contributed by atoms with Crippen LogP contribution in [0.4, 0.5) is 17.3 Å². The van der Waals surface area contributed by atoms with Gasteiger partial charge in [-0.05, 0) is 54.6 Å². The predicted octanol–water partition coefficient (Wildman–Crippen LogP) is 4.24. The molecular weight excluding hydrogens is 384 g/mol. The quantitative estimate of drug-likeness (QED) is 0.671. The first-order valence-electron chi connectivity index (χ1n) is 7.45. The van der Waals surface area contributed by atoms with Crippen molar-refractivity contribution < 1.29 is 9.53 Å². The molecule has 1 heterocycles. The Morgan fingerprint density at radius 3 is 2.36 bits per heavy atom. The standard InChI is InChI=1S/C18H15BrN4O2/c1-25-15-8-6-13(7-9-15)21-17(24)16-10-11-20-18(23-16)22-14-4-2-12(19)3-5-14/h2-11H,1H3,(H,21,24)(H,20,22,23). The van der Waals surface area contributed by atoms with E-state index in [1.807, 2.05) is 24.3 Å². The number of carbonyl (C=O) groups is 1. The molecule has 2 N–H and O–H groups in total. The van der Waals surface area contributed by atoms with Crippen LogP contribution in [-0.4, -0.2) is 23.0 Å². The molecule has 1 amide bonds. The summed E-state index contributed by atoms with van der Waals surface area (Å²) in [5, 5.41) is 5.86. The lowest BCUT2D eigenvalue weighted by Gasteiger charge is -2.08. The predicted molar refractivity (Wildman–Crippen MR) is 100 cm³/mol. The second-order valence-electron chi connectivity index (χ2n) is 5.08. The van der Waals surface area contributed by atoms with Gasteiger partial charge in [-0.15, -0.1) is 0 Å². The van der Waals surface area contributed by atoms with E-state index in [0.29, 0.717) is 11.6 Å². The summed E-state index contributed by atoms with van der Waals surface area (Å²) in [6.07, 6.45) is 1.54. The minimum atomic E-state index is -0.313. The zero-order valence-electron chi connectivity index (χ0n) is 13.4. The van der Waals surface area contributed by atoms with Crippen LogP contribution in [0.15, 0.2) is 65.3 Å². The smallest absolute Gasteiger partial charge is 0.274 e. The molecule has 126 valence electrons. The lowest BCUT2D eigenvalue weighted by atomic mass is 10.3. The minimum Gasteiger partial charge on any atom is -0.497 e.